The first kappa shape index (κ1) is 16.4. The minimum absolute atomic E-state index is 0.0549. The van der Waals surface area contributed by atoms with Crippen molar-refractivity contribution in [2.75, 3.05) is 6.26 Å². The van der Waals surface area contributed by atoms with Gasteiger partial charge < -0.3 is 4.57 Å². The molecule has 6 heteroatoms. The molecule has 0 spiro atoms. The number of imidazole rings is 1. The van der Waals surface area contributed by atoms with E-state index in [-0.39, 0.29) is 6.04 Å². The molecule has 25 heavy (non-hydrogen) atoms. The molecular formula is C19H17ClN4S. The summed E-state index contributed by atoms with van der Waals surface area (Å²) in [7, 11) is 0. The molecule has 0 fully saturated rings. The Morgan fingerprint density at radius 3 is 2.72 bits per heavy atom. The van der Waals surface area contributed by atoms with Gasteiger partial charge in [-0.25, -0.2) is 4.98 Å². The van der Waals surface area contributed by atoms with Crippen LogP contribution in [0.1, 0.15) is 24.2 Å². The van der Waals surface area contributed by atoms with Crippen LogP contribution in [0, 0.1) is 6.92 Å². The number of rotatable bonds is 3. The summed E-state index contributed by atoms with van der Waals surface area (Å²) in [6.45, 7) is 4.14. The van der Waals surface area contributed by atoms with Crippen molar-refractivity contribution in [2.24, 2.45) is 0 Å². The lowest BCUT2D eigenvalue weighted by atomic mass is 10.1. The molecule has 0 aliphatic heterocycles. The van der Waals surface area contributed by atoms with Crippen LogP contribution in [0.2, 0.25) is 5.02 Å². The van der Waals surface area contributed by atoms with Crippen molar-refractivity contribution in [1.82, 2.24) is 19.5 Å². The van der Waals surface area contributed by atoms with Gasteiger partial charge in [-0.3, -0.25) is 9.97 Å². The number of pyridine rings is 2. The molecule has 3 aromatic heterocycles. The highest BCUT2D eigenvalue weighted by Crippen LogP contribution is 2.34. The zero-order valence-electron chi connectivity index (χ0n) is 14.2. The third-order valence-electron chi connectivity index (χ3n) is 4.45. The van der Waals surface area contributed by atoms with E-state index in [4.69, 9.17) is 16.6 Å². The van der Waals surface area contributed by atoms with Crippen LogP contribution in [0.5, 0.6) is 0 Å². The lowest BCUT2D eigenvalue weighted by Crippen LogP contribution is -2.09. The van der Waals surface area contributed by atoms with E-state index in [0.717, 1.165) is 43.4 Å². The molecule has 0 N–H and O–H groups in total. The predicted molar refractivity (Wildman–Crippen MR) is 105 cm³/mol. The fourth-order valence-corrected chi connectivity index (χ4v) is 3.94. The molecule has 1 aromatic carbocycles. The third kappa shape index (κ3) is 2.68. The van der Waals surface area contributed by atoms with Crippen LogP contribution in [-0.2, 0) is 0 Å². The monoisotopic (exact) mass is 368 g/mol. The maximum Gasteiger partial charge on any atom is 0.169 e. The Balaban J connectivity index is 2.08. The number of aryl methyl sites for hydroxylation is 1. The highest BCUT2D eigenvalue weighted by molar-refractivity contribution is 7.98. The zero-order chi connectivity index (χ0) is 17.6. The van der Waals surface area contributed by atoms with Crippen molar-refractivity contribution in [1.29, 1.82) is 0 Å². The normalized spacial score (nSPS) is 12.8. The van der Waals surface area contributed by atoms with Gasteiger partial charge >= 0.3 is 0 Å². The largest absolute Gasteiger partial charge is 0.309 e. The molecule has 126 valence electrons. The Bertz CT molecular complexity index is 1080. The number of fused-ring (bicyclic) bond motifs is 3. The summed E-state index contributed by atoms with van der Waals surface area (Å²) >= 11 is 8.03. The van der Waals surface area contributed by atoms with E-state index in [0.29, 0.717) is 0 Å². The second-order valence-corrected chi connectivity index (χ2v) is 7.19. The molecule has 0 unspecified atom stereocenters. The minimum Gasteiger partial charge on any atom is -0.309 e. The minimum atomic E-state index is 0.0549. The highest BCUT2D eigenvalue weighted by atomic mass is 35.5. The van der Waals surface area contributed by atoms with Crippen molar-refractivity contribution in [3.63, 3.8) is 0 Å². The van der Waals surface area contributed by atoms with Gasteiger partial charge in [0, 0.05) is 16.6 Å². The highest BCUT2D eigenvalue weighted by Gasteiger charge is 2.20. The van der Waals surface area contributed by atoms with Crippen molar-refractivity contribution < 1.29 is 0 Å². The van der Waals surface area contributed by atoms with Gasteiger partial charge in [0.05, 0.1) is 29.0 Å². The van der Waals surface area contributed by atoms with E-state index in [1.165, 1.54) is 0 Å². The van der Waals surface area contributed by atoms with Crippen molar-refractivity contribution >= 4 is 45.3 Å². The van der Waals surface area contributed by atoms with Crippen LogP contribution in [0.3, 0.4) is 0 Å². The van der Waals surface area contributed by atoms with Gasteiger partial charge in [0.15, 0.2) is 5.16 Å². The van der Waals surface area contributed by atoms with E-state index in [9.17, 15) is 0 Å². The first-order chi connectivity index (χ1) is 12.1. The summed E-state index contributed by atoms with van der Waals surface area (Å²) in [6.07, 6.45) is 5.70. The van der Waals surface area contributed by atoms with Crippen LogP contribution in [0.25, 0.3) is 21.9 Å². The number of hydrogen-bond donors (Lipinski definition) is 0. The van der Waals surface area contributed by atoms with E-state index >= 15 is 0 Å². The Morgan fingerprint density at radius 1 is 1.16 bits per heavy atom. The molecule has 0 saturated heterocycles. The summed E-state index contributed by atoms with van der Waals surface area (Å²) < 4.78 is 2.23. The van der Waals surface area contributed by atoms with E-state index in [1.54, 1.807) is 11.8 Å². The lowest BCUT2D eigenvalue weighted by molar-refractivity contribution is 0.587. The Labute approximate surface area is 155 Å². The molecule has 4 rings (SSSR count). The van der Waals surface area contributed by atoms with Gasteiger partial charge in [0.1, 0.15) is 5.52 Å². The van der Waals surface area contributed by atoms with Gasteiger partial charge in [0.2, 0.25) is 0 Å². The van der Waals surface area contributed by atoms with Crippen LogP contribution < -0.4 is 0 Å². The SMILES string of the molecule is CSc1nc2cnc3cc(C)c(Cl)cc3c2n1[C@H](C)c1ccccn1. The quantitative estimate of drug-likeness (QED) is 0.462. The molecule has 4 aromatic rings. The van der Waals surface area contributed by atoms with E-state index in [1.807, 2.05) is 55.9 Å². The van der Waals surface area contributed by atoms with Crippen LogP contribution >= 0.6 is 23.4 Å². The van der Waals surface area contributed by atoms with E-state index < -0.39 is 0 Å². The second kappa shape index (κ2) is 6.32. The van der Waals surface area contributed by atoms with Crippen molar-refractivity contribution in [3.05, 3.63) is 59.0 Å². The molecule has 0 bridgehead atoms. The fraction of sp³-hybridized carbons (Fsp3) is 0.211. The summed E-state index contributed by atoms with van der Waals surface area (Å²) in [5.74, 6) is 0. The fourth-order valence-electron chi connectivity index (χ4n) is 3.14. The molecule has 1 atom stereocenters. The zero-order valence-corrected chi connectivity index (χ0v) is 15.8. The number of nitrogens with zero attached hydrogens (tertiary/aromatic N) is 4. The molecule has 0 radical (unpaired) electrons. The molecule has 0 saturated carbocycles. The van der Waals surface area contributed by atoms with Crippen molar-refractivity contribution in [3.8, 4) is 0 Å². The summed E-state index contributed by atoms with van der Waals surface area (Å²) in [5, 5.41) is 2.70. The average Bonchev–Trinajstić information content (AvgIpc) is 3.02. The van der Waals surface area contributed by atoms with Crippen molar-refractivity contribution in [2.45, 2.75) is 25.0 Å². The number of aromatic nitrogens is 4. The Hall–Kier alpha value is -2.11. The topological polar surface area (TPSA) is 43.6 Å². The molecule has 0 aliphatic carbocycles. The first-order valence-corrected chi connectivity index (χ1v) is 9.62. The Kier molecular flexibility index (Phi) is 4.13. The third-order valence-corrected chi connectivity index (χ3v) is 5.51. The maximum absolute atomic E-state index is 6.40. The van der Waals surface area contributed by atoms with Gasteiger partial charge in [-0.15, -0.1) is 0 Å². The molecule has 0 aliphatic rings. The van der Waals surface area contributed by atoms with Gasteiger partial charge in [0.25, 0.3) is 0 Å². The summed E-state index contributed by atoms with van der Waals surface area (Å²) in [4.78, 5) is 13.9. The van der Waals surface area contributed by atoms with Crippen LogP contribution in [-0.4, -0.2) is 25.8 Å². The molecule has 0 amide bonds. The van der Waals surface area contributed by atoms with Gasteiger partial charge in [-0.1, -0.05) is 29.4 Å². The second-order valence-electron chi connectivity index (χ2n) is 6.01. The molecule has 3 heterocycles. The van der Waals surface area contributed by atoms with Crippen LogP contribution in [0.4, 0.5) is 0 Å². The van der Waals surface area contributed by atoms with Crippen LogP contribution in [0.15, 0.2) is 47.9 Å². The smallest absolute Gasteiger partial charge is 0.169 e. The first-order valence-electron chi connectivity index (χ1n) is 8.02. The number of thioether (sulfide) groups is 1. The summed E-state index contributed by atoms with van der Waals surface area (Å²) in [6, 6.07) is 10.1. The lowest BCUT2D eigenvalue weighted by Gasteiger charge is -2.17. The van der Waals surface area contributed by atoms with E-state index in [2.05, 4.69) is 21.5 Å². The number of halogens is 1. The van der Waals surface area contributed by atoms with Gasteiger partial charge in [-0.2, -0.15) is 0 Å². The number of hydrogen-bond acceptors (Lipinski definition) is 4. The Morgan fingerprint density at radius 2 is 2.00 bits per heavy atom. The predicted octanol–water partition coefficient (Wildman–Crippen LogP) is 5.27. The molecular weight excluding hydrogens is 352 g/mol. The average molecular weight is 369 g/mol. The molecule has 4 nitrogen and oxygen atoms in total. The maximum atomic E-state index is 6.40. The van der Waals surface area contributed by atoms with Gasteiger partial charge in [-0.05, 0) is 49.9 Å². The summed E-state index contributed by atoms with van der Waals surface area (Å²) in [5.41, 5.74) is 4.88. The standard InChI is InChI=1S/C19H17ClN4S/c1-11-8-16-13(9-14(11)20)18-17(10-22-16)23-19(25-3)24(18)12(2)15-6-4-5-7-21-15/h4-10,12H,1-3H3/t12-/m1/s1. The number of benzene rings is 1.